The standard InChI is InChI=1S/C11H25N2OP/c1-8(15)7-10(14)13(6)11(3,4)9(2)12-5/h8-9,12H,7,15H2,1-6H3. The first-order valence-corrected chi connectivity index (χ1v) is 6.09. The number of nitrogens with zero attached hydrogens (tertiary/aromatic N) is 1. The Morgan fingerprint density at radius 3 is 2.27 bits per heavy atom. The fourth-order valence-electron chi connectivity index (χ4n) is 1.38. The minimum atomic E-state index is -0.161. The van der Waals surface area contributed by atoms with Crippen LogP contribution in [0.3, 0.4) is 0 Å². The fourth-order valence-corrected chi connectivity index (χ4v) is 1.58. The molecule has 90 valence electrons. The van der Waals surface area contributed by atoms with Crippen molar-refractivity contribution in [2.24, 2.45) is 0 Å². The molecule has 0 aromatic heterocycles. The molecule has 1 amide bonds. The second kappa shape index (κ2) is 5.81. The average Bonchev–Trinajstić information content (AvgIpc) is 2.13. The Bertz CT molecular complexity index is 217. The first-order chi connectivity index (χ1) is 6.73. The van der Waals surface area contributed by atoms with Crippen LogP contribution in [0.15, 0.2) is 0 Å². The van der Waals surface area contributed by atoms with E-state index < -0.39 is 0 Å². The molecule has 3 atom stereocenters. The molecule has 4 heteroatoms. The number of hydrogen-bond acceptors (Lipinski definition) is 2. The van der Waals surface area contributed by atoms with Gasteiger partial charge in [0.15, 0.2) is 0 Å². The van der Waals surface area contributed by atoms with Crippen LogP contribution in [-0.2, 0) is 4.79 Å². The van der Waals surface area contributed by atoms with E-state index in [-0.39, 0.29) is 17.5 Å². The van der Waals surface area contributed by atoms with Gasteiger partial charge in [0.05, 0.1) is 5.54 Å². The molecule has 0 saturated heterocycles. The lowest BCUT2D eigenvalue weighted by atomic mass is 9.94. The number of amides is 1. The summed E-state index contributed by atoms with van der Waals surface area (Å²) in [5, 5.41) is 3.20. The lowest BCUT2D eigenvalue weighted by Crippen LogP contribution is -2.56. The molecular formula is C11H25N2OP. The summed E-state index contributed by atoms with van der Waals surface area (Å²) in [4.78, 5) is 13.7. The third kappa shape index (κ3) is 4.08. The van der Waals surface area contributed by atoms with Crippen molar-refractivity contribution in [3.05, 3.63) is 0 Å². The fraction of sp³-hybridized carbons (Fsp3) is 0.909. The van der Waals surface area contributed by atoms with Gasteiger partial charge in [0, 0.05) is 19.5 Å². The van der Waals surface area contributed by atoms with E-state index in [1.807, 2.05) is 25.9 Å². The monoisotopic (exact) mass is 232 g/mol. The van der Waals surface area contributed by atoms with Gasteiger partial charge in [-0.05, 0) is 33.5 Å². The van der Waals surface area contributed by atoms with Gasteiger partial charge in [-0.1, -0.05) is 6.92 Å². The van der Waals surface area contributed by atoms with Crippen molar-refractivity contribution in [1.82, 2.24) is 10.2 Å². The highest BCUT2D eigenvalue weighted by atomic mass is 31.0. The highest BCUT2D eigenvalue weighted by molar-refractivity contribution is 7.17. The van der Waals surface area contributed by atoms with Crippen LogP contribution in [0.4, 0.5) is 0 Å². The Morgan fingerprint density at radius 2 is 1.93 bits per heavy atom. The molecule has 3 nitrogen and oxygen atoms in total. The second-order valence-electron chi connectivity index (χ2n) is 4.80. The van der Waals surface area contributed by atoms with Gasteiger partial charge in [-0.25, -0.2) is 0 Å². The highest BCUT2D eigenvalue weighted by Crippen LogP contribution is 2.19. The van der Waals surface area contributed by atoms with E-state index in [0.29, 0.717) is 12.1 Å². The van der Waals surface area contributed by atoms with Crippen LogP contribution in [0.25, 0.3) is 0 Å². The van der Waals surface area contributed by atoms with Crippen molar-refractivity contribution in [3.8, 4) is 0 Å². The number of nitrogens with one attached hydrogen (secondary N) is 1. The van der Waals surface area contributed by atoms with Gasteiger partial charge in [0.2, 0.25) is 5.91 Å². The predicted octanol–water partition coefficient (Wildman–Crippen LogP) is 1.49. The van der Waals surface area contributed by atoms with Gasteiger partial charge >= 0.3 is 0 Å². The molecule has 1 N–H and O–H groups in total. The zero-order valence-electron chi connectivity index (χ0n) is 10.8. The van der Waals surface area contributed by atoms with Crippen LogP contribution < -0.4 is 5.32 Å². The quantitative estimate of drug-likeness (QED) is 0.728. The smallest absolute Gasteiger partial charge is 0.223 e. The molecule has 0 radical (unpaired) electrons. The summed E-state index contributed by atoms with van der Waals surface area (Å²) < 4.78 is 0. The molecule has 0 aromatic rings. The Hall–Kier alpha value is -0.140. The molecule has 3 unspecified atom stereocenters. The Labute approximate surface area is 96.2 Å². The molecule has 0 saturated carbocycles. The van der Waals surface area contributed by atoms with Crippen molar-refractivity contribution in [1.29, 1.82) is 0 Å². The van der Waals surface area contributed by atoms with Gasteiger partial charge in [-0.15, -0.1) is 9.24 Å². The number of carbonyl (C=O) groups excluding carboxylic acids is 1. The molecule has 0 aliphatic rings. The molecule has 0 bridgehead atoms. The van der Waals surface area contributed by atoms with Crippen molar-refractivity contribution >= 4 is 15.1 Å². The SMILES string of the molecule is CNC(C)C(C)(C)N(C)C(=O)CC(C)P. The van der Waals surface area contributed by atoms with Gasteiger partial charge in [0.1, 0.15) is 0 Å². The summed E-state index contributed by atoms with van der Waals surface area (Å²) in [6.45, 7) is 8.29. The maximum atomic E-state index is 11.9. The second-order valence-corrected chi connectivity index (χ2v) is 5.94. The lowest BCUT2D eigenvalue weighted by molar-refractivity contribution is -0.135. The number of carbonyl (C=O) groups is 1. The van der Waals surface area contributed by atoms with Crippen LogP contribution in [-0.4, -0.2) is 42.1 Å². The average molecular weight is 232 g/mol. The molecular weight excluding hydrogens is 207 g/mol. The lowest BCUT2D eigenvalue weighted by Gasteiger charge is -2.40. The van der Waals surface area contributed by atoms with Crippen LogP contribution in [0, 0.1) is 0 Å². The normalized spacial score (nSPS) is 15.9. The molecule has 0 heterocycles. The summed E-state index contributed by atoms with van der Waals surface area (Å²) in [6, 6.07) is 0.270. The number of hydrogen-bond donors (Lipinski definition) is 1. The van der Waals surface area contributed by atoms with Gasteiger partial charge < -0.3 is 10.2 Å². The maximum Gasteiger partial charge on any atom is 0.223 e. The van der Waals surface area contributed by atoms with Gasteiger partial charge in [-0.3, -0.25) is 4.79 Å². The van der Waals surface area contributed by atoms with E-state index in [4.69, 9.17) is 0 Å². The zero-order chi connectivity index (χ0) is 12.2. The topological polar surface area (TPSA) is 32.3 Å². The molecule has 0 aliphatic heterocycles. The van der Waals surface area contributed by atoms with Crippen LogP contribution >= 0.6 is 9.24 Å². The summed E-state index contributed by atoms with van der Waals surface area (Å²) in [5.74, 6) is 0.199. The Morgan fingerprint density at radius 1 is 1.47 bits per heavy atom. The van der Waals surface area contributed by atoms with Gasteiger partial charge in [-0.2, -0.15) is 0 Å². The molecule has 15 heavy (non-hydrogen) atoms. The summed E-state index contributed by atoms with van der Waals surface area (Å²) >= 11 is 0. The third-order valence-corrected chi connectivity index (χ3v) is 3.46. The third-order valence-electron chi connectivity index (χ3n) is 3.23. The van der Waals surface area contributed by atoms with Gasteiger partial charge in [0.25, 0.3) is 0 Å². The van der Waals surface area contributed by atoms with Crippen molar-refractivity contribution in [2.75, 3.05) is 14.1 Å². The maximum absolute atomic E-state index is 11.9. The van der Waals surface area contributed by atoms with Crippen molar-refractivity contribution < 1.29 is 4.79 Å². The summed E-state index contributed by atoms with van der Waals surface area (Å²) in [7, 11) is 6.46. The molecule has 0 rings (SSSR count). The highest BCUT2D eigenvalue weighted by Gasteiger charge is 2.32. The number of likely N-dealkylation sites (N-methyl/N-ethyl adjacent to an activating group) is 2. The van der Waals surface area contributed by atoms with E-state index in [1.54, 1.807) is 0 Å². The van der Waals surface area contributed by atoms with E-state index in [2.05, 4.69) is 35.3 Å². The van der Waals surface area contributed by atoms with E-state index in [0.717, 1.165) is 0 Å². The van der Waals surface area contributed by atoms with Crippen molar-refractivity contribution in [3.63, 3.8) is 0 Å². The van der Waals surface area contributed by atoms with Crippen molar-refractivity contribution in [2.45, 2.75) is 51.4 Å². The van der Waals surface area contributed by atoms with Crippen LogP contribution in [0.2, 0.25) is 0 Å². The van der Waals surface area contributed by atoms with E-state index in [9.17, 15) is 4.79 Å². The minimum Gasteiger partial charge on any atom is -0.339 e. The summed E-state index contributed by atoms with van der Waals surface area (Å²) in [5.41, 5.74) is 0.173. The summed E-state index contributed by atoms with van der Waals surface area (Å²) in [6.07, 6.45) is 0.584. The minimum absolute atomic E-state index is 0.161. The van der Waals surface area contributed by atoms with Crippen LogP contribution in [0.1, 0.15) is 34.1 Å². The molecule has 0 fully saturated rings. The largest absolute Gasteiger partial charge is 0.339 e. The van der Waals surface area contributed by atoms with Crippen LogP contribution in [0.5, 0.6) is 0 Å². The predicted molar refractivity (Wildman–Crippen MR) is 69.2 cm³/mol. The number of rotatable bonds is 5. The zero-order valence-corrected chi connectivity index (χ0v) is 11.9. The first-order valence-electron chi connectivity index (χ1n) is 5.43. The molecule has 0 aromatic carbocycles. The molecule has 0 spiro atoms. The van der Waals surface area contributed by atoms with E-state index in [1.165, 1.54) is 0 Å². The van der Waals surface area contributed by atoms with E-state index >= 15 is 0 Å². The Balaban J connectivity index is 4.54. The first kappa shape index (κ1) is 14.9. The molecule has 0 aliphatic carbocycles. The Kier molecular flexibility index (Phi) is 5.76.